The van der Waals surface area contributed by atoms with Gasteiger partial charge in [0.2, 0.25) is 5.91 Å². The monoisotopic (exact) mass is 282 g/mol. The van der Waals surface area contributed by atoms with Gasteiger partial charge >= 0.3 is 6.18 Å². The van der Waals surface area contributed by atoms with E-state index in [-0.39, 0.29) is 6.54 Å². The number of hydrogen-bond acceptors (Lipinski definition) is 2. The zero-order chi connectivity index (χ0) is 15.1. The lowest BCUT2D eigenvalue weighted by atomic mass is 10.0. The second-order valence-corrected chi connectivity index (χ2v) is 5.55. The van der Waals surface area contributed by atoms with Crippen LogP contribution in [0.2, 0.25) is 0 Å². The van der Waals surface area contributed by atoms with Gasteiger partial charge in [0.25, 0.3) is 0 Å². The second-order valence-electron chi connectivity index (χ2n) is 5.55. The summed E-state index contributed by atoms with van der Waals surface area (Å²) in [7, 11) is 0. The number of alkyl halides is 3. The van der Waals surface area contributed by atoms with E-state index in [1.54, 1.807) is 0 Å². The van der Waals surface area contributed by atoms with Gasteiger partial charge in [-0.15, -0.1) is 0 Å². The molecule has 3 N–H and O–H groups in total. The van der Waals surface area contributed by atoms with Gasteiger partial charge in [0.15, 0.2) is 5.54 Å². The lowest BCUT2D eigenvalue weighted by Gasteiger charge is -2.26. The Hall–Kier alpha value is -0.780. The van der Waals surface area contributed by atoms with Gasteiger partial charge < -0.3 is 11.1 Å². The van der Waals surface area contributed by atoms with E-state index in [9.17, 15) is 18.0 Å². The molecule has 1 amide bonds. The molecular weight excluding hydrogens is 257 g/mol. The Morgan fingerprint density at radius 1 is 1.16 bits per heavy atom. The van der Waals surface area contributed by atoms with Gasteiger partial charge in [0.1, 0.15) is 0 Å². The summed E-state index contributed by atoms with van der Waals surface area (Å²) in [6.07, 6.45) is 0.156. The van der Waals surface area contributed by atoms with Crippen LogP contribution in [-0.2, 0) is 4.79 Å². The third-order valence-electron chi connectivity index (χ3n) is 3.05. The van der Waals surface area contributed by atoms with Crippen LogP contribution < -0.4 is 11.1 Å². The van der Waals surface area contributed by atoms with Crippen molar-refractivity contribution in [1.29, 1.82) is 0 Å². The molecule has 0 aromatic heterocycles. The van der Waals surface area contributed by atoms with Gasteiger partial charge in [-0.1, -0.05) is 39.5 Å². The molecule has 0 heterocycles. The van der Waals surface area contributed by atoms with Gasteiger partial charge in [-0.2, -0.15) is 13.2 Å². The first-order chi connectivity index (χ1) is 8.59. The van der Waals surface area contributed by atoms with Crippen molar-refractivity contribution in [1.82, 2.24) is 5.32 Å². The van der Waals surface area contributed by atoms with E-state index < -0.39 is 17.6 Å². The first kappa shape index (κ1) is 18.2. The topological polar surface area (TPSA) is 55.1 Å². The van der Waals surface area contributed by atoms with Crippen LogP contribution in [0.1, 0.15) is 52.9 Å². The van der Waals surface area contributed by atoms with Crippen molar-refractivity contribution < 1.29 is 18.0 Å². The average molecular weight is 282 g/mol. The molecular formula is C13H25F3N2O. The molecule has 0 bridgehead atoms. The molecule has 0 aliphatic rings. The molecule has 19 heavy (non-hydrogen) atoms. The molecule has 0 saturated heterocycles. The number of unbranched alkanes of at least 4 members (excludes halogenated alkanes) is 3. The highest BCUT2D eigenvalue weighted by molar-refractivity contribution is 5.86. The van der Waals surface area contributed by atoms with Crippen LogP contribution in [0, 0.1) is 5.92 Å². The highest BCUT2D eigenvalue weighted by Crippen LogP contribution is 2.27. The fourth-order valence-corrected chi connectivity index (χ4v) is 1.55. The number of halogens is 3. The first-order valence-corrected chi connectivity index (χ1v) is 6.73. The molecule has 0 aliphatic heterocycles. The lowest BCUT2D eigenvalue weighted by Crippen LogP contribution is -2.61. The summed E-state index contributed by atoms with van der Waals surface area (Å²) in [5.41, 5.74) is 2.18. The van der Waals surface area contributed by atoms with E-state index in [1.165, 1.54) is 0 Å². The molecule has 0 rings (SSSR count). The number of amides is 1. The summed E-state index contributed by atoms with van der Waals surface area (Å²) < 4.78 is 37.3. The smallest absolute Gasteiger partial charge is 0.354 e. The Balaban J connectivity index is 3.76. The molecule has 0 aromatic carbocycles. The molecule has 0 spiro atoms. The van der Waals surface area contributed by atoms with Gasteiger partial charge in [0, 0.05) is 6.54 Å². The predicted molar refractivity (Wildman–Crippen MR) is 69.6 cm³/mol. The molecule has 6 heteroatoms. The SMILES string of the molecule is CC(C)CCCCCCNC(=O)C(C)(N)C(F)(F)F. The van der Waals surface area contributed by atoms with Crippen molar-refractivity contribution in [3.8, 4) is 0 Å². The molecule has 3 nitrogen and oxygen atoms in total. The van der Waals surface area contributed by atoms with Gasteiger partial charge in [-0.25, -0.2) is 0 Å². The standard InChI is InChI=1S/C13H25F3N2O/c1-10(2)8-6-4-5-7-9-18-11(19)12(3,17)13(14,15)16/h10H,4-9,17H2,1-3H3,(H,18,19). The fraction of sp³-hybridized carbons (Fsp3) is 0.923. The summed E-state index contributed by atoms with van der Waals surface area (Å²) in [5.74, 6) is -0.494. The second kappa shape index (κ2) is 7.72. The number of carbonyl (C=O) groups excluding carboxylic acids is 1. The minimum atomic E-state index is -4.73. The van der Waals surface area contributed by atoms with Crippen molar-refractivity contribution in [2.75, 3.05) is 6.54 Å². The maximum Gasteiger partial charge on any atom is 0.415 e. The van der Waals surface area contributed by atoms with Crippen LogP contribution >= 0.6 is 0 Å². The van der Waals surface area contributed by atoms with Gasteiger partial charge in [0.05, 0.1) is 0 Å². The van der Waals surface area contributed by atoms with E-state index in [1.807, 2.05) is 0 Å². The Morgan fingerprint density at radius 3 is 2.16 bits per heavy atom. The molecule has 1 atom stereocenters. The Labute approximate surface area is 113 Å². The van der Waals surface area contributed by atoms with Crippen LogP contribution in [0.15, 0.2) is 0 Å². The number of hydrogen-bond donors (Lipinski definition) is 2. The van der Waals surface area contributed by atoms with Crippen molar-refractivity contribution in [3.63, 3.8) is 0 Å². The average Bonchev–Trinajstić information content (AvgIpc) is 2.25. The third kappa shape index (κ3) is 6.80. The number of nitrogens with one attached hydrogen (secondary N) is 1. The molecule has 0 fully saturated rings. The summed E-state index contributed by atoms with van der Waals surface area (Å²) in [5, 5.41) is 2.25. The molecule has 0 saturated carbocycles. The highest BCUT2D eigenvalue weighted by atomic mass is 19.4. The van der Waals surface area contributed by atoms with Crippen molar-refractivity contribution in [2.45, 2.75) is 64.6 Å². The number of nitrogens with two attached hydrogens (primary N) is 1. The summed E-state index contributed by atoms with van der Waals surface area (Å²) in [6, 6.07) is 0. The van der Waals surface area contributed by atoms with Crippen molar-refractivity contribution in [3.05, 3.63) is 0 Å². The largest absolute Gasteiger partial charge is 0.415 e. The Kier molecular flexibility index (Phi) is 7.41. The zero-order valence-corrected chi connectivity index (χ0v) is 11.9. The third-order valence-corrected chi connectivity index (χ3v) is 3.05. The van der Waals surface area contributed by atoms with E-state index in [4.69, 9.17) is 5.73 Å². The first-order valence-electron chi connectivity index (χ1n) is 6.73. The van der Waals surface area contributed by atoms with Crippen molar-refractivity contribution in [2.24, 2.45) is 11.7 Å². The molecule has 114 valence electrons. The maximum absolute atomic E-state index is 12.4. The van der Waals surface area contributed by atoms with E-state index in [0.717, 1.165) is 25.7 Å². The molecule has 1 unspecified atom stereocenters. The van der Waals surface area contributed by atoms with Crippen LogP contribution in [0.5, 0.6) is 0 Å². The number of carbonyl (C=O) groups is 1. The predicted octanol–water partition coefficient (Wildman–Crippen LogP) is 2.99. The number of rotatable bonds is 8. The molecule has 0 radical (unpaired) electrons. The summed E-state index contributed by atoms with van der Waals surface area (Å²) in [6.45, 7) is 5.23. The quantitative estimate of drug-likeness (QED) is 0.672. The minimum Gasteiger partial charge on any atom is -0.354 e. The highest BCUT2D eigenvalue weighted by Gasteiger charge is 2.53. The minimum absolute atomic E-state index is 0.239. The molecule has 0 aromatic rings. The van der Waals surface area contributed by atoms with Gasteiger partial charge in [-0.05, 0) is 19.3 Å². The zero-order valence-electron chi connectivity index (χ0n) is 11.9. The normalized spacial score (nSPS) is 15.4. The van der Waals surface area contributed by atoms with Crippen molar-refractivity contribution >= 4 is 5.91 Å². The van der Waals surface area contributed by atoms with E-state index in [2.05, 4.69) is 19.2 Å². The van der Waals surface area contributed by atoms with Crippen LogP contribution in [0.4, 0.5) is 13.2 Å². The van der Waals surface area contributed by atoms with Gasteiger partial charge in [-0.3, -0.25) is 4.79 Å². The Bertz CT molecular complexity index is 276. The fourth-order valence-electron chi connectivity index (χ4n) is 1.55. The van der Waals surface area contributed by atoms with Crippen LogP contribution in [0.25, 0.3) is 0 Å². The summed E-state index contributed by atoms with van der Waals surface area (Å²) >= 11 is 0. The van der Waals surface area contributed by atoms with E-state index >= 15 is 0 Å². The summed E-state index contributed by atoms with van der Waals surface area (Å²) in [4.78, 5) is 11.3. The Morgan fingerprint density at radius 2 is 1.68 bits per heavy atom. The lowest BCUT2D eigenvalue weighted by molar-refractivity contribution is -0.187. The van der Waals surface area contributed by atoms with E-state index in [0.29, 0.717) is 19.3 Å². The maximum atomic E-state index is 12.4. The van der Waals surface area contributed by atoms with Crippen LogP contribution in [0.3, 0.4) is 0 Å². The molecule has 0 aliphatic carbocycles. The van der Waals surface area contributed by atoms with Crippen LogP contribution in [-0.4, -0.2) is 24.2 Å².